The quantitative estimate of drug-likeness (QED) is 0.888. The number of benzene rings is 1. The molecule has 0 spiro atoms. The van der Waals surface area contributed by atoms with Crippen molar-refractivity contribution in [2.45, 2.75) is 30.7 Å². The number of nitrogens with two attached hydrogens (primary N) is 1. The van der Waals surface area contributed by atoms with Crippen LogP contribution in [0.5, 0.6) is 5.75 Å². The van der Waals surface area contributed by atoms with Gasteiger partial charge in [-0.2, -0.15) is 0 Å². The van der Waals surface area contributed by atoms with E-state index in [1.165, 1.54) is 18.4 Å². The second-order valence-electron chi connectivity index (χ2n) is 5.54. The molecule has 3 nitrogen and oxygen atoms in total. The Morgan fingerprint density at radius 3 is 2.78 bits per heavy atom. The first kappa shape index (κ1) is 13.4. The summed E-state index contributed by atoms with van der Waals surface area (Å²) in [5.74, 6) is 1.55. The topological polar surface area (TPSA) is 38.5 Å². The van der Waals surface area contributed by atoms with Crippen LogP contribution in [0.1, 0.15) is 30.7 Å². The van der Waals surface area contributed by atoms with E-state index in [1.807, 2.05) is 6.07 Å². The van der Waals surface area contributed by atoms with Gasteiger partial charge >= 0.3 is 0 Å². The molecular formula is C15H24N2O. The van der Waals surface area contributed by atoms with Gasteiger partial charge in [0.05, 0.1) is 7.11 Å². The molecule has 0 aromatic heterocycles. The third kappa shape index (κ3) is 2.38. The normalized spacial score (nSPS) is 27.7. The lowest BCUT2D eigenvalue weighted by atomic mass is 9.91. The van der Waals surface area contributed by atoms with Gasteiger partial charge in [-0.05, 0) is 57.0 Å². The zero-order chi connectivity index (χ0) is 13.2. The van der Waals surface area contributed by atoms with E-state index < -0.39 is 0 Å². The molecule has 1 aliphatic carbocycles. The van der Waals surface area contributed by atoms with Gasteiger partial charge < -0.3 is 15.4 Å². The number of nitrogens with zero attached hydrogens (tertiary/aromatic N) is 1. The maximum absolute atomic E-state index is 6.00. The van der Waals surface area contributed by atoms with E-state index in [1.54, 1.807) is 7.11 Å². The first-order chi connectivity index (χ1) is 8.61. The summed E-state index contributed by atoms with van der Waals surface area (Å²) in [5.41, 5.74) is 7.56. The van der Waals surface area contributed by atoms with Gasteiger partial charge in [0.25, 0.3) is 0 Å². The Bertz CT molecular complexity index is 405. The van der Waals surface area contributed by atoms with Crippen LogP contribution in [-0.4, -0.2) is 38.2 Å². The highest BCUT2D eigenvalue weighted by molar-refractivity contribution is 5.32. The van der Waals surface area contributed by atoms with Gasteiger partial charge in [0.15, 0.2) is 0 Å². The molecule has 2 rings (SSSR count). The van der Waals surface area contributed by atoms with Crippen molar-refractivity contribution in [2.24, 2.45) is 5.73 Å². The molecule has 0 amide bonds. The highest BCUT2D eigenvalue weighted by Gasteiger charge is 2.40. The zero-order valence-corrected chi connectivity index (χ0v) is 11.6. The molecule has 1 saturated carbocycles. The Morgan fingerprint density at radius 1 is 1.44 bits per heavy atom. The van der Waals surface area contributed by atoms with E-state index in [0.29, 0.717) is 5.92 Å². The Kier molecular flexibility index (Phi) is 3.93. The van der Waals surface area contributed by atoms with Crippen molar-refractivity contribution in [3.8, 4) is 5.75 Å². The molecule has 0 radical (unpaired) electrons. The number of hydrogen-bond acceptors (Lipinski definition) is 3. The molecule has 100 valence electrons. The number of hydrogen-bond donors (Lipinski definition) is 1. The van der Waals surface area contributed by atoms with Gasteiger partial charge in [0.2, 0.25) is 0 Å². The lowest BCUT2D eigenvalue weighted by molar-refractivity contribution is 0.165. The Hall–Kier alpha value is -1.06. The minimum absolute atomic E-state index is 0.174. The van der Waals surface area contributed by atoms with E-state index in [0.717, 1.165) is 18.7 Å². The van der Waals surface area contributed by atoms with E-state index in [9.17, 15) is 0 Å². The average Bonchev–Trinajstić information content (AvgIpc) is 2.84. The number of rotatable bonds is 4. The summed E-state index contributed by atoms with van der Waals surface area (Å²) in [5, 5.41) is 0. The molecule has 0 bridgehead atoms. The molecule has 2 N–H and O–H groups in total. The van der Waals surface area contributed by atoms with Crippen molar-refractivity contribution in [1.82, 2.24) is 4.90 Å². The summed E-state index contributed by atoms with van der Waals surface area (Å²) in [7, 11) is 6.00. The van der Waals surface area contributed by atoms with Crippen LogP contribution in [-0.2, 0) is 0 Å². The van der Waals surface area contributed by atoms with Gasteiger partial charge in [-0.25, -0.2) is 0 Å². The highest BCUT2D eigenvalue weighted by Crippen LogP contribution is 2.43. The van der Waals surface area contributed by atoms with Gasteiger partial charge in [-0.15, -0.1) is 0 Å². The van der Waals surface area contributed by atoms with E-state index in [-0.39, 0.29) is 5.54 Å². The van der Waals surface area contributed by atoms with Crippen LogP contribution in [0.4, 0.5) is 0 Å². The fourth-order valence-corrected chi connectivity index (χ4v) is 3.06. The minimum atomic E-state index is 0.174. The molecule has 1 aliphatic rings. The maximum Gasteiger partial charge on any atom is 0.119 e. The summed E-state index contributed by atoms with van der Waals surface area (Å²) in [6.07, 6.45) is 3.53. The van der Waals surface area contributed by atoms with E-state index in [4.69, 9.17) is 10.5 Å². The van der Waals surface area contributed by atoms with Crippen molar-refractivity contribution in [1.29, 1.82) is 0 Å². The average molecular weight is 248 g/mol. The lowest BCUT2D eigenvalue weighted by Crippen LogP contribution is -2.48. The molecular weight excluding hydrogens is 224 g/mol. The molecule has 18 heavy (non-hydrogen) atoms. The summed E-state index contributed by atoms with van der Waals surface area (Å²) in [6, 6.07) is 8.44. The molecule has 0 aliphatic heterocycles. The van der Waals surface area contributed by atoms with Crippen molar-refractivity contribution in [2.75, 3.05) is 27.7 Å². The second-order valence-corrected chi connectivity index (χ2v) is 5.54. The smallest absolute Gasteiger partial charge is 0.119 e. The molecule has 3 heteroatoms. The van der Waals surface area contributed by atoms with Crippen LogP contribution in [0.2, 0.25) is 0 Å². The summed E-state index contributed by atoms with van der Waals surface area (Å²) < 4.78 is 5.31. The second kappa shape index (κ2) is 5.29. The van der Waals surface area contributed by atoms with E-state index in [2.05, 4.69) is 37.2 Å². The zero-order valence-electron chi connectivity index (χ0n) is 11.6. The van der Waals surface area contributed by atoms with Crippen LogP contribution in [0.25, 0.3) is 0 Å². The maximum atomic E-state index is 6.00. The van der Waals surface area contributed by atoms with Crippen molar-refractivity contribution < 1.29 is 4.74 Å². The Balaban J connectivity index is 2.17. The number of likely N-dealkylation sites (N-methyl/N-ethyl adjacent to an activating group) is 1. The van der Waals surface area contributed by atoms with Crippen LogP contribution >= 0.6 is 0 Å². The van der Waals surface area contributed by atoms with Crippen LogP contribution < -0.4 is 10.5 Å². The molecule has 0 heterocycles. The van der Waals surface area contributed by atoms with Gasteiger partial charge in [-0.1, -0.05) is 12.1 Å². The van der Waals surface area contributed by atoms with Crippen molar-refractivity contribution in [3.05, 3.63) is 29.8 Å². The summed E-state index contributed by atoms with van der Waals surface area (Å²) >= 11 is 0. The third-order valence-corrected chi connectivity index (χ3v) is 4.48. The molecule has 1 aromatic carbocycles. The summed E-state index contributed by atoms with van der Waals surface area (Å²) in [6.45, 7) is 0.737. The fraction of sp³-hybridized carbons (Fsp3) is 0.600. The monoisotopic (exact) mass is 248 g/mol. The number of methoxy groups -OCH3 is 1. The Morgan fingerprint density at radius 2 is 2.22 bits per heavy atom. The molecule has 1 aromatic rings. The van der Waals surface area contributed by atoms with Crippen LogP contribution in [0.3, 0.4) is 0 Å². The first-order valence-electron chi connectivity index (χ1n) is 6.63. The first-order valence-corrected chi connectivity index (χ1v) is 6.63. The molecule has 2 unspecified atom stereocenters. The van der Waals surface area contributed by atoms with Gasteiger partial charge in [0.1, 0.15) is 5.75 Å². The molecule has 1 fully saturated rings. The SMILES string of the molecule is COc1cccc(C2CCC(CN)(N(C)C)C2)c1. The predicted octanol–water partition coefficient (Wildman–Crippen LogP) is 2.22. The minimum Gasteiger partial charge on any atom is -0.497 e. The Labute approximate surface area is 110 Å². The standard InChI is InChI=1S/C15H24N2O/c1-17(2)15(11-16)8-7-13(10-15)12-5-4-6-14(9-12)18-3/h4-6,9,13H,7-8,10-11,16H2,1-3H3. The predicted molar refractivity (Wildman–Crippen MR) is 75.1 cm³/mol. The van der Waals surface area contributed by atoms with Crippen molar-refractivity contribution in [3.63, 3.8) is 0 Å². The highest BCUT2D eigenvalue weighted by atomic mass is 16.5. The number of ether oxygens (including phenoxy) is 1. The molecule has 2 atom stereocenters. The lowest BCUT2D eigenvalue weighted by Gasteiger charge is -2.35. The van der Waals surface area contributed by atoms with Crippen molar-refractivity contribution >= 4 is 0 Å². The van der Waals surface area contributed by atoms with Crippen LogP contribution in [0, 0.1) is 0 Å². The largest absolute Gasteiger partial charge is 0.497 e. The summed E-state index contributed by atoms with van der Waals surface area (Å²) in [4.78, 5) is 2.30. The van der Waals surface area contributed by atoms with Gasteiger partial charge in [0, 0.05) is 12.1 Å². The van der Waals surface area contributed by atoms with Crippen LogP contribution in [0.15, 0.2) is 24.3 Å². The molecule has 0 saturated heterocycles. The van der Waals surface area contributed by atoms with Gasteiger partial charge in [-0.3, -0.25) is 0 Å². The third-order valence-electron chi connectivity index (χ3n) is 4.48. The fourth-order valence-electron chi connectivity index (χ4n) is 3.06. The van der Waals surface area contributed by atoms with E-state index >= 15 is 0 Å².